The molecule has 8 nitrogen and oxygen atoms in total. The molecule has 0 aliphatic carbocycles. The highest BCUT2D eigenvalue weighted by Crippen LogP contribution is 2.18. The zero-order valence-corrected chi connectivity index (χ0v) is 18.4. The number of nitrogens with zero attached hydrogens (tertiary/aromatic N) is 2. The van der Waals surface area contributed by atoms with Gasteiger partial charge in [0.15, 0.2) is 0 Å². The van der Waals surface area contributed by atoms with Crippen molar-refractivity contribution < 1.29 is 32.6 Å². The van der Waals surface area contributed by atoms with Gasteiger partial charge in [0.25, 0.3) is 0 Å². The van der Waals surface area contributed by atoms with Crippen LogP contribution in [0, 0.1) is 11.6 Å². The Morgan fingerprint density at radius 2 is 1.50 bits per heavy atom. The monoisotopic (exact) mass is 471 g/mol. The number of nitrogens with one attached hydrogen (secondary N) is 1. The fourth-order valence-corrected chi connectivity index (χ4v) is 3.07. The topological polar surface area (TPSA) is 99.5 Å². The van der Waals surface area contributed by atoms with Gasteiger partial charge in [0, 0.05) is 0 Å². The first-order valence-corrected chi connectivity index (χ1v) is 10.5. The average molecular weight is 471 g/mol. The third-order valence-electron chi connectivity index (χ3n) is 4.70. The lowest BCUT2D eigenvalue weighted by atomic mass is 10.1. The number of aromatic nitrogens is 2. The average Bonchev–Trinajstić information content (AvgIpc) is 3.19. The van der Waals surface area contributed by atoms with Gasteiger partial charge in [-0.3, -0.25) is 9.59 Å². The quantitative estimate of drug-likeness (QED) is 0.456. The number of benzene rings is 2. The molecule has 1 N–H and O–H groups in total. The van der Waals surface area contributed by atoms with Crippen molar-refractivity contribution in [3.8, 4) is 0 Å². The van der Waals surface area contributed by atoms with Gasteiger partial charge >= 0.3 is 11.9 Å². The SMILES string of the molecule is CCOC(=O)c1cnn(CCOC(=O)Cc2ccc(F)cc2)c1NC(=O)Cc1ccc(F)cc1. The molecule has 0 aliphatic heterocycles. The minimum absolute atomic E-state index is 0.0330. The molecular weight excluding hydrogens is 448 g/mol. The fraction of sp³-hybridized carbons (Fsp3) is 0.250. The summed E-state index contributed by atoms with van der Waals surface area (Å²) in [7, 11) is 0. The highest BCUT2D eigenvalue weighted by atomic mass is 19.1. The molecule has 0 atom stereocenters. The predicted molar refractivity (Wildman–Crippen MR) is 118 cm³/mol. The van der Waals surface area contributed by atoms with Gasteiger partial charge in [-0.05, 0) is 42.3 Å². The van der Waals surface area contributed by atoms with E-state index in [-0.39, 0.29) is 44.0 Å². The van der Waals surface area contributed by atoms with Crippen LogP contribution >= 0.6 is 0 Å². The zero-order valence-electron chi connectivity index (χ0n) is 18.4. The summed E-state index contributed by atoms with van der Waals surface area (Å²) in [5.74, 6) is -2.36. The van der Waals surface area contributed by atoms with Crippen molar-refractivity contribution in [2.45, 2.75) is 26.3 Å². The number of amides is 1. The molecule has 10 heteroatoms. The van der Waals surface area contributed by atoms with E-state index < -0.39 is 29.5 Å². The first-order valence-electron chi connectivity index (χ1n) is 10.5. The van der Waals surface area contributed by atoms with E-state index in [1.54, 1.807) is 6.92 Å². The van der Waals surface area contributed by atoms with Crippen molar-refractivity contribution in [2.75, 3.05) is 18.5 Å². The molecule has 1 amide bonds. The Morgan fingerprint density at radius 1 is 0.912 bits per heavy atom. The lowest BCUT2D eigenvalue weighted by molar-refractivity contribution is -0.143. The summed E-state index contributed by atoms with van der Waals surface area (Å²) in [6, 6.07) is 11.0. The van der Waals surface area contributed by atoms with Crippen LogP contribution < -0.4 is 5.32 Å². The lowest BCUT2D eigenvalue weighted by Crippen LogP contribution is -2.21. The van der Waals surface area contributed by atoms with Crippen molar-refractivity contribution >= 4 is 23.7 Å². The van der Waals surface area contributed by atoms with E-state index in [1.807, 2.05) is 0 Å². The van der Waals surface area contributed by atoms with Crippen molar-refractivity contribution in [1.29, 1.82) is 0 Å². The summed E-state index contributed by atoms with van der Waals surface area (Å²) in [4.78, 5) is 36.9. The van der Waals surface area contributed by atoms with Gasteiger partial charge in [0.05, 0.1) is 32.2 Å². The van der Waals surface area contributed by atoms with Crippen LogP contribution in [0.15, 0.2) is 54.7 Å². The van der Waals surface area contributed by atoms with Crippen LogP contribution in [0.25, 0.3) is 0 Å². The van der Waals surface area contributed by atoms with Gasteiger partial charge in [0.2, 0.25) is 5.91 Å². The smallest absolute Gasteiger partial charge is 0.343 e. The Kier molecular flexibility index (Phi) is 8.44. The molecule has 1 aromatic heterocycles. The second-order valence-corrected chi connectivity index (χ2v) is 7.23. The van der Waals surface area contributed by atoms with E-state index in [0.29, 0.717) is 11.1 Å². The molecule has 0 fully saturated rings. The Balaban J connectivity index is 1.64. The number of hydrogen-bond donors (Lipinski definition) is 1. The van der Waals surface area contributed by atoms with Crippen molar-refractivity contribution in [3.05, 3.63) is 83.1 Å². The van der Waals surface area contributed by atoms with Crippen LogP contribution in [0.2, 0.25) is 0 Å². The molecule has 3 aromatic rings. The fourth-order valence-electron chi connectivity index (χ4n) is 3.07. The molecule has 0 aliphatic rings. The Bertz CT molecular complexity index is 1140. The third-order valence-corrected chi connectivity index (χ3v) is 4.70. The van der Waals surface area contributed by atoms with E-state index in [4.69, 9.17) is 9.47 Å². The zero-order chi connectivity index (χ0) is 24.5. The van der Waals surface area contributed by atoms with E-state index in [2.05, 4.69) is 10.4 Å². The van der Waals surface area contributed by atoms with E-state index in [1.165, 1.54) is 59.4 Å². The first kappa shape index (κ1) is 24.6. The number of esters is 2. The Labute approximate surface area is 194 Å². The van der Waals surface area contributed by atoms with Gasteiger partial charge in [-0.15, -0.1) is 0 Å². The number of rotatable bonds is 10. The molecule has 178 valence electrons. The highest BCUT2D eigenvalue weighted by molar-refractivity contribution is 6.00. The van der Waals surface area contributed by atoms with Crippen molar-refractivity contribution in [2.24, 2.45) is 0 Å². The second kappa shape index (κ2) is 11.7. The number of hydrogen-bond acceptors (Lipinski definition) is 6. The van der Waals surface area contributed by atoms with Gasteiger partial charge in [-0.1, -0.05) is 24.3 Å². The second-order valence-electron chi connectivity index (χ2n) is 7.23. The summed E-state index contributed by atoms with van der Waals surface area (Å²) in [5.41, 5.74) is 1.23. The summed E-state index contributed by atoms with van der Waals surface area (Å²) in [6.07, 6.45) is 1.17. The molecule has 1 heterocycles. The molecule has 34 heavy (non-hydrogen) atoms. The minimum atomic E-state index is -0.667. The van der Waals surface area contributed by atoms with Gasteiger partial charge in [0.1, 0.15) is 29.6 Å². The predicted octanol–water partition coefficient (Wildman–Crippen LogP) is 3.31. The number of anilines is 1. The molecule has 2 aromatic carbocycles. The molecule has 0 unspecified atom stereocenters. The van der Waals surface area contributed by atoms with Crippen molar-refractivity contribution in [3.63, 3.8) is 0 Å². The van der Waals surface area contributed by atoms with Gasteiger partial charge in [-0.2, -0.15) is 5.10 Å². The van der Waals surface area contributed by atoms with Crippen LogP contribution in [0.1, 0.15) is 28.4 Å². The minimum Gasteiger partial charge on any atom is -0.463 e. The lowest BCUT2D eigenvalue weighted by Gasteiger charge is -2.12. The van der Waals surface area contributed by atoms with Gasteiger partial charge in [-0.25, -0.2) is 18.3 Å². The third kappa shape index (κ3) is 6.96. The standard InChI is InChI=1S/C24H23F2N3O5/c1-2-33-24(32)20-15-27-29(11-12-34-22(31)14-17-5-9-19(26)10-6-17)23(20)28-21(30)13-16-3-7-18(25)8-4-16/h3-10,15H,2,11-14H2,1H3,(H,28,30). The Hall–Kier alpha value is -4.08. The number of ether oxygens (including phenoxy) is 2. The highest BCUT2D eigenvalue weighted by Gasteiger charge is 2.21. The summed E-state index contributed by atoms with van der Waals surface area (Å²) >= 11 is 0. The van der Waals surface area contributed by atoms with Crippen LogP contribution in [-0.4, -0.2) is 40.8 Å². The van der Waals surface area contributed by atoms with Crippen LogP contribution in [0.5, 0.6) is 0 Å². The molecule has 0 radical (unpaired) electrons. The van der Waals surface area contributed by atoms with Crippen LogP contribution in [-0.2, 0) is 38.4 Å². The van der Waals surface area contributed by atoms with Crippen molar-refractivity contribution in [1.82, 2.24) is 9.78 Å². The molecular formula is C24H23F2N3O5. The molecule has 0 saturated heterocycles. The maximum absolute atomic E-state index is 13.1. The molecule has 0 bridgehead atoms. The van der Waals surface area contributed by atoms with E-state index in [0.717, 1.165) is 0 Å². The summed E-state index contributed by atoms with van der Waals surface area (Å²) in [6.45, 7) is 1.76. The number of halogens is 2. The van der Waals surface area contributed by atoms with Crippen LogP contribution in [0.3, 0.4) is 0 Å². The summed E-state index contributed by atoms with van der Waals surface area (Å²) < 4.78 is 37.6. The Morgan fingerprint density at radius 3 is 2.09 bits per heavy atom. The van der Waals surface area contributed by atoms with Gasteiger partial charge < -0.3 is 14.8 Å². The maximum Gasteiger partial charge on any atom is 0.343 e. The molecule has 0 saturated carbocycles. The molecule has 3 rings (SSSR count). The summed E-state index contributed by atoms with van der Waals surface area (Å²) in [5, 5.41) is 6.74. The maximum atomic E-state index is 13.1. The largest absolute Gasteiger partial charge is 0.463 e. The number of carbonyl (C=O) groups excluding carboxylic acids is 3. The normalized spacial score (nSPS) is 10.6. The van der Waals surface area contributed by atoms with E-state index in [9.17, 15) is 23.2 Å². The first-order chi connectivity index (χ1) is 16.4. The van der Waals surface area contributed by atoms with E-state index >= 15 is 0 Å². The van der Waals surface area contributed by atoms with Crippen LogP contribution in [0.4, 0.5) is 14.6 Å². The number of carbonyl (C=O) groups is 3. The molecule has 0 spiro atoms.